The van der Waals surface area contributed by atoms with Gasteiger partial charge in [0, 0.05) is 0 Å². The average molecular weight is 592 g/mol. The molecule has 0 spiro atoms. The molecule has 1 heterocycles. The van der Waals surface area contributed by atoms with Crippen LogP contribution in [0, 0.1) is 0 Å². The number of benzene rings is 8. The fraction of sp³-hybridized carbons (Fsp3) is 0.0698. The zero-order valence-electron chi connectivity index (χ0n) is 25.3. The molecule has 2 atom stereocenters. The van der Waals surface area contributed by atoms with Gasteiger partial charge in [0.1, 0.15) is 0 Å². The summed E-state index contributed by atoms with van der Waals surface area (Å²) < 4.78 is 0. The summed E-state index contributed by atoms with van der Waals surface area (Å²) >= 11 is 0. The molecule has 220 valence electrons. The van der Waals surface area contributed by atoms with E-state index in [1.54, 1.807) is 0 Å². The van der Waals surface area contributed by atoms with Crippen molar-refractivity contribution >= 4 is 43.1 Å². The van der Waals surface area contributed by atoms with Gasteiger partial charge >= 0.3 is 0 Å². The maximum absolute atomic E-state index is 3.93. The third-order valence-corrected chi connectivity index (χ3v) is 9.57. The minimum absolute atomic E-state index is 0.0381. The van der Waals surface area contributed by atoms with Crippen LogP contribution in [0.15, 0.2) is 164 Å². The van der Waals surface area contributed by atoms with Crippen molar-refractivity contribution in [2.24, 2.45) is 0 Å². The number of hydrogen-bond donors (Lipinski definition) is 3. The molecule has 0 saturated carbocycles. The van der Waals surface area contributed by atoms with E-state index in [0.717, 1.165) is 0 Å². The Kier molecular flexibility index (Phi) is 6.60. The molecule has 1 fully saturated rings. The van der Waals surface area contributed by atoms with Gasteiger partial charge in [-0.3, -0.25) is 16.0 Å². The molecule has 46 heavy (non-hydrogen) atoms. The number of rotatable bonds is 4. The van der Waals surface area contributed by atoms with Gasteiger partial charge in [-0.05, 0) is 77.0 Å². The zero-order chi connectivity index (χ0) is 30.5. The summed E-state index contributed by atoms with van der Waals surface area (Å²) in [5.74, 6) is 0. The summed E-state index contributed by atoms with van der Waals surface area (Å²) in [6.07, 6.45) is -0.187. The molecule has 2 unspecified atom stereocenters. The standard InChI is InChI=1S/C43H33N3/c1-3-14-29(15-4-1)41-44-42(30-16-5-2-6-17-30)46-43(45-41)38-26-23-28-13-7-8-18-32(28)40(38)31-24-25-37-35-21-10-9-19-33(35)34-20-11-12-22-36(34)39(37)27-31/h1-27,41-46H. The molecule has 0 aromatic heterocycles. The van der Waals surface area contributed by atoms with Gasteiger partial charge in [0.2, 0.25) is 0 Å². The predicted molar refractivity (Wildman–Crippen MR) is 192 cm³/mol. The van der Waals surface area contributed by atoms with Gasteiger partial charge in [-0.2, -0.15) is 0 Å². The van der Waals surface area contributed by atoms with Crippen molar-refractivity contribution in [1.82, 2.24) is 16.0 Å². The normalized spacial score (nSPS) is 18.4. The molecule has 0 amide bonds. The van der Waals surface area contributed by atoms with Gasteiger partial charge in [0.05, 0.1) is 18.5 Å². The monoisotopic (exact) mass is 591 g/mol. The molecule has 1 aliphatic rings. The summed E-state index contributed by atoms with van der Waals surface area (Å²) in [5, 5.41) is 21.9. The molecular formula is C43H33N3. The Morgan fingerprint density at radius 3 is 1.37 bits per heavy atom. The van der Waals surface area contributed by atoms with Crippen LogP contribution in [-0.4, -0.2) is 0 Å². The summed E-state index contributed by atoms with van der Waals surface area (Å²) in [7, 11) is 0. The van der Waals surface area contributed by atoms with Crippen LogP contribution in [0.2, 0.25) is 0 Å². The lowest BCUT2D eigenvalue weighted by molar-refractivity contribution is 0.203. The highest BCUT2D eigenvalue weighted by Gasteiger charge is 2.31. The van der Waals surface area contributed by atoms with Crippen LogP contribution < -0.4 is 16.0 Å². The van der Waals surface area contributed by atoms with Crippen LogP contribution >= 0.6 is 0 Å². The van der Waals surface area contributed by atoms with Gasteiger partial charge in [0.15, 0.2) is 0 Å². The Bertz CT molecular complexity index is 2280. The topological polar surface area (TPSA) is 36.1 Å². The van der Waals surface area contributed by atoms with Crippen molar-refractivity contribution in [2.75, 3.05) is 0 Å². The SMILES string of the molecule is c1ccc(C2NC(c3ccccc3)NC(c3ccc4ccccc4c3-c3ccc4c5ccccc5c5ccccc5c4c3)N2)cc1. The molecule has 1 saturated heterocycles. The van der Waals surface area contributed by atoms with Gasteiger partial charge < -0.3 is 0 Å². The lowest BCUT2D eigenvalue weighted by atomic mass is 9.88. The molecule has 0 bridgehead atoms. The second-order valence-electron chi connectivity index (χ2n) is 12.2. The number of fused-ring (bicyclic) bond motifs is 7. The van der Waals surface area contributed by atoms with Gasteiger partial charge in [-0.1, -0.05) is 158 Å². The maximum atomic E-state index is 3.93. The van der Waals surface area contributed by atoms with Crippen LogP contribution in [0.5, 0.6) is 0 Å². The Hall–Kier alpha value is -5.32. The molecule has 0 radical (unpaired) electrons. The highest BCUT2D eigenvalue weighted by Crippen LogP contribution is 2.41. The molecule has 3 N–H and O–H groups in total. The van der Waals surface area contributed by atoms with Gasteiger partial charge in [-0.15, -0.1) is 0 Å². The minimum atomic E-state index is -0.111. The summed E-state index contributed by atoms with van der Waals surface area (Å²) in [4.78, 5) is 0. The number of hydrogen-bond acceptors (Lipinski definition) is 3. The van der Waals surface area contributed by atoms with Crippen molar-refractivity contribution in [1.29, 1.82) is 0 Å². The quantitative estimate of drug-likeness (QED) is 0.178. The molecule has 8 aromatic rings. The maximum Gasteiger partial charge on any atom is 0.0870 e. The van der Waals surface area contributed by atoms with E-state index in [-0.39, 0.29) is 18.5 Å². The lowest BCUT2D eigenvalue weighted by Gasteiger charge is -2.40. The van der Waals surface area contributed by atoms with Gasteiger partial charge in [-0.25, -0.2) is 0 Å². The second-order valence-corrected chi connectivity index (χ2v) is 12.2. The van der Waals surface area contributed by atoms with E-state index in [1.165, 1.54) is 70.9 Å². The molecule has 3 heteroatoms. The summed E-state index contributed by atoms with van der Waals surface area (Å²) in [6, 6.07) is 59.3. The van der Waals surface area contributed by atoms with E-state index in [9.17, 15) is 0 Å². The van der Waals surface area contributed by atoms with Gasteiger partial charge in [0.25, 0.3) is 0 Å². The Labute approximate surface area is 268 Å². The van der Waals surface area contributed by atoms with E-state index in [0.29, 0.717) is 0 Å². The van der Waals surface area contributed by atoms with Crippen LogP contribution in [0.25, 0.3) is 54.2 Å². The highest BCUT2D eigenvalue weighted by atomic mass is 15.4. The molecule has 3 nitrogen and oxygen atoms in total. The fourth-order valence-corrected chi connectivity index (χ4v) is 7.41. The first-order valence-electron chi connectivity index (χ1n) is 16.1. The van der Waals surface area contributed by atoms with Crippen LogP contribution in [0.4, 0.5) is 0 Å². The Balaban J connectivity index is 1.26. The summed E-state index contributed by atoms with van der Waals surface area (Å²) in [5.41, 5.74) is 6.12. The third-order valence-electron chi connectivity index (χ3n) is 9.57. The van der Waals surface area contributed by atoms with E-state index < -0.39 is 0 Å². The van der Waals surface area contributed by atoms with E-state index in [4.69, 9.17) is 0 Å². The average Bonchev–Trinajstić information content (AvgIpc) is 3.15. The molecule has 9 rings (SSSR count). The first-order chi connectivity index (χ1) is 22.8. The van der Waals surface area contributed by atoms with Crippen molar-refractivity contribution in [3.05, 3.63) is 180 Å². The van der Waals surface area contributed by atoms with Crippen molar-refractivity contribution < 1.29 is 0 Å². The Morgan fingerprint density at radius 1 is 0.326 bits per heavy atom. The van der Waals surface area contributed by atoms with Crippen LogP contribution in [0.3, 0.4) is 0 Å². The van der Waals surface area contributed by atoms with E-state index in [2.05, 4.69) is 180 Å². The Morgan fingerprint density at radius 2 is 0.783 bits per heavy atom. The van der Waals surface area contributed by atoms with Crippen LogP contribution in [-0.2, 0) is 0 Å². The lowest BCUT2D eigenvalue weighted by Crippen LogP contribution is -2.54. The fourth-order valence-electron chi connectivity index (χ4n) is 7.41. The minimum Gasteiger partial charge on any atom is -0.279 e. The summed E-state index contributed by atoms with van der Waals surface area (Å²) in [6.45, 7) is 0. The van der Waals surface area contributed by atoms with Crippen molar-refractivity contribution in [3.8, 4) is 11.1 Å². The largest absolute Gasteiger partial charge is 0.279 e. The highest BCUT2D eigenvalue weighted by molar-refractivity contribution is 6.26. The molecule has 8 aromatic carbocycles. The number of nitrogens with one attached hydrogen (secondary N) is 3. The predicted octanol–water partition coefficient (Wildman–Crippen LogP) is 10.1. The van der Waals surface area contributed by atoms with Crippen molar-refractivity contribution in [3.63, 3.8) is 0 Å². The zero-order valence-corrected chi connectivity index (χ0v) is 25.3. The molecule has 1 aliphatic heterocycles. The molecular weight excluding hydrogens is 558 g/mol. The second kappa shape index (κ2) is 11.2. The van der Waals surface area contributed by atoms with E-state index >= 15 is 0 Å². The first-order valence-corrected chi connectivity index (χ1v) is 16.1. The smallest absolute Gasteiger partial charge is 0.0870 e. The van der Waals surface area contributed by atoms with E-state index in [1.807, 2.05) is 0 Å². The third kappa shape index (κ3) is 4.57. The molecule has 0 aliphatic carbocycles. The first kappa shape index (κ1) is 27.0. The van der Waals surface area contributed by atoms with Crippen molar-refractivity contribution in [2.45, 2.75) is 18.5 Å². The van der Waals surface area contributed by atoms with Crippen LogP contribution in [0.1, 0.15) is 35.2 Å².